The summed E-state index contributed by atoms with van der Waals surface area (Å²) in [5, 5.41) is 7.75. The molecular weight excluding hydrogens is 353 g/mol. The van der Waals surface area contributed by atoms with Crippen LogP contribution in [0, 0.1) is 13.8 Å². The summed E-state index contributed by atoms with van der Waals surface area (Å²) in [6, 6.07) is 8.98. The van der Waals surface area contributed by atoms with Crippen molar-refractivity contribution in [2.45, 2.75) is 31.3 Å². The second-order valence-corrected chi connectivity index (χ2v) is 7.46. The maximum Gasteiger partial charge on any atom is 0.417 e. The van der Waals surface area contributed by atoms with Crippen molar-refractivity contribution < 1.29 is 21.6 Å². The molecule has 0 heterocycles. The summed E-state index contributed by atoms with van der Waals surface area (Å²) in [7, 11) is -4.45. The first-order valence-electron chi connectivity index (χ1n) is 7.52. The Morgan fingerprint density at radius 1 is 1.04 bits per heavy atom. The number of benzene rings is 2. The van der Waals surface area contributed by atoms with Gasteiger partial charge in [-0.15, -0.1) is 0 Å². The van der Waals surface area contributed by atoms with E-state index in [0.717, 1.165) is 28.8 Å². The number of sulfonamides is 1. The number of rotatable bonds is 5. The van der Waals surface area contributed by atoms with Crippen LogP contribution in [0.5, 0.6) is 0 Å². The number of alkyl halides is 3. The lowest BCUT2D eigenvalue weighted by atomic mass is 10.1. The van der Waals surface area contributed by atoms with Crippen LogP contribution in [0.4, 0.5) is 18.9 Å². The van der Waals surface area contributed by atoms with Gasteiger partial charge in [0.15, 0.2) is 0 Å². The fourth-order valence-electron chi connectivity index (χ4n) is 2.67. The van der Waals surface area contributed by atoms with Gasteiger partial charge in [0.1, 0.15) is 0 Å². The summed E-state index contributed by atoms with van der Waals surface area (Å²) < 4.78 is 61.9. The smallest absolute Gasteiger partial charge is 0.385 e. The highest BCUT2D eigenvalue weighted by Crippen LogP contribution is 2.35. The van der Waals surface area contributed by atoms with Crippen LogP contribution in [0.15, 0.2) is 41.3 Å². The van der Waals surface area contributed by atoms with Gasteiger partial charge >= 0.3 is 6.18 Å². The monoisotopic (exact) mass is 372 g/mol. The van der Waals surface area contributed by atoms with Crippen LogP contribution in [0.2, 0.25) is 0 Å². The van der Waals surface area contributed by atoms with Crippen molar-refractivity contribution in [3.05, 3.63) is 58.7 Å². The molecule has 8 heteroatoms. The molecule has 2 aromatic carbocycles. The van der Waals surface area contributed by atoms with Gasteiger partial charge in [-0.25, -0.2) is 13.6 Å². The predicted molar refractivity (Wildman–Crippen MR) is 90.9 cm³/mol. The van der Waals surface area contributed by atoms with Crippen molar-refractivity contribution in [1.29, 1.82) is 0 Å². The number of aryl methyl sites for hydroxylation is 2. The molecule has 25 heavy (non-hydrogen) atoms. The van der Waals surface area contributed by atoms with E-state index >= 15 is 0 Å². The number of halogens is 3. The third-order valence-corrected chi connectivity index (χ3v) is 4.58. The Hall–Kier alpha value is -2.06. The van der Waals surface area contributed by atoms with Crippen LogP contribution < -0.4 is 10.5 Å². The minimum atomic E-state index is -4.81. The number of nitrogens with two attached hydrogens (primary N) is 1. The van der Waals surface area contributed by atoms with E-state index in [9.17, 15) is 21.6 Å². The first-order chi connectivity index (χ1) is 11.5. The summed E-state index contributed by atoms with van der Waals surface area (Å²) in [5.41, 5.74) is 2.22. The lowest BCUT2D eigenvalue weighted by molar-refractivity contribution is -0.139. The second-order valence-electron chi connectivity index (χ2n) is 5.93. The number of hydrogen-bond donors (Lipinski definition) is 2. The average Bonchev–Trinajstić information content (AvgIpc) is 2.44. The average molecular weight is 372 g/mol. The lowest BCUT2D eigenvalue weighted by Crippen LogP contribution is -2.19. The molecule has 136 valence electrons. The molecule has 0 saturated carbocycles. The quantitative estimate of drug-likeness (QED) is 0.842. The van der Waals surface area contributed by atoms with Crippen LogP contribution >= 0.6 is 0 Å². The summed E-state index contributed by atoms with van der Waals surface area (Å²) in [6.07, 6.45) is -4.19. The normalized spacial score (nSPS) is 12.2. The Bertz CT molecular complexity index is 858. The zero-order chi connectivity index (χ0) is 18.8. The number of anilines is 1. The molecule has 2 aromatic rings. The third kappa shape index (κ3) is 5.20. The summed E-state index contributed by atoms with van der Waals surface area (Å²) in [4.78, 5) is -0.931. The van der Waals surface area contributed by atoms with E-state index in [-0.39, 0.29) is 5.69 Å². The topological polar surface area (TPSA) is 72.2 Å². The highest BCUT2D eigenvalue weighted by molar-refractivity contribution is 7.89. The molecule has 0 unspecified atom stereocenters. The van der Waals surface area contributed by atoms with Gasteiger partial charge in [-0.2, -0.15) is 13.2 Å². The number of primary sulfonamides is 1. The highest BCUT2D eigenvalue weighted by atomic mass is 32.2. The molecule has 0 bridgehead atoms. The van der Waals surface area contributed by atoms with E-state index in [4.69, 9.17) is 5.14 Å². The second kappa shape index (κ2) is 7.05. The first-order valence-corrected chi connectivity index (χ1v) is 9.06. The third-order valence-electron chi connectivity index (χ3n) is 3.62. The van der Waals surface area contributed by atoms with E-state index in [1.165, 1.54) is 6.07 Å². The number of nitrogens with one attached hydrogen (secondary N) is 1. The fourth-order valence-corrected chi connectivity index (χ4v) is 3.41. The zero-order valence-electron chi connectivity index (χ0n) is 13.8. The Labute approximate surface area is 144 Å². The molecule has 3 N–H and O–H groups in total. The zero-order valence-corrected chi connectivity index (χ0v) is 14.6. The van der Waals surface area contributed by atoms with Gasteiger partial charge < -0.3 is 5.32 Å². The van der Waals surface area contributed by atoms with Gasteiger partial charge in [0.05, 0.1) is 10.5 Å². The van der Waals surface area contributed by atoms with Crippen molar-refractivity contribution in [2.24, 2.45) is 5.14 Å². The largest absolute Gasteiger partial charge is 0.417 e. The molecule has 0 aliphatic heterocycles. The van der Waals surface area contributed by atoms with E-state index in [0.29, 0.717) is 13.0 Å². The summed E-state index contributed by atoms with van der Waals surface area (Å²) >= 11 is 0. The van der Waals surface area contributed by atoms with E-state index in [1.807, 2.05) is 32.0 Å². The highest BCUT2D eigenvalue weighted by Gasteiger charge is 2.36. The lowest BCUT2D eigenvalue weighted by Gasteiger charge is -2.14. The molecule has 0 aromatic heterocycles. The molecule has 0 atom stereocenters. The van der Waals surface area contributed by atoms with Crippen molar-refractivity contribution in [2.75, 3.05) is 11.9 Å². The molecule has 0 aliphatic carbocycles. The van der Waals surface area contributed by atoms with Crippen molar-refractivity contribution in [1.82, 2.24) is 0 Å². The molecular formula is C17H19F3N2O2S. The van der Waals surface area contributed by atoms with Gasteiger partial charge in [-0.1, -0.05) is 29.3 Å². The Morgan fingerprint density at radius 3 is 2.16 bits per heavy atom. The molecule has 0 saturated heterocycles. The molecule has 0 spiro atoms. The Morgan fingerprint density at radius 2 is 1.64 bits per heavy atom. The van der Waals surface area contributed by atoms with Crippen LogP contribution in [0.3, 0.4) is 0 Å². The van der Waals surface area contributed by atoms with E-state index in [2.05, 4.69) is 5.32 Å². The minimum absolute atomic E-state index is 0.184. The number of hydrogen-bond acceptors (Lipinski definition) is 3. The maximum atomic E-state index is 13.1. The molecule has 0 radical (unpaired) electrons. The van der Waals surface area contributed by atoms with Crippen molar-refractivity contribution in [3.8, 4) is 0 Å². The molecule has 0 amide bonds. The summed E-state index contributed by atoms with van der Waals surface area (Å²) in [6.45, 7) is 4.37. The van der Waals surface area contributed by atoms with Crippen LogP contribution in [0.25, 0.3) is 0 Å². The van der Waals surface area contributed by atoms with E-state index in [1.54, 1.807) is 0 Å². The van der Waals surface area contributed by atoms with Gasteiger partial charge in [0.25, 0.3) is 0 Å². The SMILES string of the molecule is Cc1cc(C)cc(CCNc2ccc(S(N)(=O)=O)c(C(F)(F)F)c2)c1. The van der Waals surface area contributed by atoms with E-state index < -0.39 is 26.7 Å². The molecule has 4 nitrogen and oxygen atoms in total. The van der Waals surface area contributed by atoms with Crippen LogP contribution in [-0.4, -0.2) is 15.0 Å². The maximum absolute atomic E-state index is 13.1. The standard InChI is InChI=1S/C17H19F3N2O2S/c1-11-7-12(2)9-13(8-11)5-6-22-14-3-4-16(25(21,23)24)15(10-14)17(18,19)20/h3-4,7-10,22H,5-6H2,1-2H3,(H2,21,23,24). The van der Waals surface area contributed by atoms with Gasteiger partial charge in [0, 0.05) is 12.2 Å². The van der Waals surface area contributed by atoms with Crippen LogP contribution in [0.1, 0.15) is 22.3 Å². The van der Waals surface area contributed by atoms with Gasteiger partial charge in [-0.3, -0.25) is 0 Å². The minimum Gasteiger partial charge on any atom is -0.385 e. The summed E-state index contributed by atoms with van der Waals surface area (Å²) in [5.74, 6) is 0. The van der Waals surface area contributed by atoms with Crippen molar-refractivity contribution >= 4 is 15.7 Å². The molecule has 2 rings (SSSR count). The fraction of sp³-hybridized carbons (Fsp3) is 0.294. The van der Waals surface area contributed by atoms with Crippen molar-refractivity contribution in [3.63, 3.8) is 0 Å². The first kappa shape index (κ1) is 19.3. The van der Waals surface area contributed by atoms with Crippen LogP contribution in [-0.2, 0) is 22.6 Å². The Balaban J connectivity index is 2.18. The van der Waals surface area contributed by atoms with Gasteiger partial charge in [0.2, 0.25) is 10.0 Å². The molecule has 0 fully saturated rings. The predicted octanol–water partition coefficient (Wildman–Crippen LogP) is 3.62. The van der Waals surface area contributed by atoms with Gasteiger partial charge in [-0.05, 0) is 44.0 Å². The Kier molecular flexibility index (Phi) is 5.43. The molecule has 0 aliphatic rings.